The van der Waals surface area contributed by atoms with Crippen LogP contribution < -0.4 is 5.48 Å². The molecule has 0 amide bonds. The molecule has 3 saturated heterocycles. The van der Waals surface area contributed by atoms with E-state index in [1.165, 1.54) is 25.5 Å². The van der Waals surface area contributed by atoms with Crippen LogP contribution in [0.3, 0.4) is 0 Å². The number of nitrogens with one attached hydrogen (secondary N) is 1. The largest absolute Gasteiger partial charge is 0.302 e. The summed E-state index contributed by atoms with van der Waals surface area (Å²) < 4.78 is 14.5. The molecule has 5 aliphatic rings. The standard InChI is InChI=1S/C18H18FN3OS/c19-14-1-2-15-11(5-14)6-16(24-15)17-20-18(23-21-17)12-3-10-4-13(18)9-22(7-10)8-12/h1-2,5-6,10,12-13H,3-4,7-9H2,(H,20,21). The van der Waals surface area contributed by atoms with Gasteiger partial charge in [0.25, 0.3) is 0 Å². The van der Waals surface area contributed by atoms with Crippen molar-refractivity contribution >= 4 is 27.3 Å². The Morgan fingerprint density at radius 2 is 2.04 bits per heavy atom. The van der Waals surface area contributed by atoms with Crippen LogP contribution in [0.1, 0.15) is 17.7 Å². The zero-order valence-corrected chi connectivity index (χ0v) is 14.0. The predicted octanol–water partition coefficient (Wildman–Crippen LogP) is 2.99. The summed E-state index contributed by atoms with van der Waals surface area (Å²) >= 11 is 1.64. The maximum Gasteiger partial charge on any atom is 0.195 e. The van der Waals surface area contributed by atoms with Crippen molar-refractivity contribution in [3.05, 3.63) is 35.0 Å². The highest BCUT2D eigenvalue weighted by Crippen LogP contribution is 2.53. The molecule has 2 unspecified atom stereocenters. The van der Waals surface area contributed by atoms with E-state index in [0.717, 1.165) is 39.8 Å². The summed E-state index contributed by atoms with van der Waals surface area (Å²) in [6.45, 7) is 3.46. The molecule has 1 saturated carbocycles. The molecule has 0 radical (unpaired) electrons. The van der Waals surface area contributed by atoms with E-state index in [1.54, 1.807) is 17.4 Å². The summed E-state index contributed by atoms with van der Waals surface area (Å²) in [7, 11) is 0. The number of fused-ring (bicyclic) bond motifs is 1. The minimum Gasteiger partial charge on any atom is -0.302 e. The van der Waals surface area contributed by atoms with Crippen LogP contribution in [-0.4, -0.2) is 36.1 Å². The van der Waals surface area contributed by atoms with Gasteiger partial charge in [-0.1, -0.05) is 0 Å². The Hall–Kier alpha value is -1.50. The Bertz CT molecular complexity index is 848. The molecule has 4 aliphatic heterocycles. The van der Waals surface area contributed by atoms with Gasteiger partial charge in [0.1, 0.15) is 5.82 Å². The number of hydrogen-bond acceptors (Lipinski definition) is 5. The Morgan fingerprint density at radius 3 is 2.83 bits per heavy atom. The second kappa shape index (κ2) is 4.56. The van der Waals surface area contributed by atoms with Gasteiger partial charge in [0, 0.05) is 36.2 Å². The highest BCUT2D eigenvalue weighted by atomic mass is 32.1. The van der Waals surface area contributed by atoms with Crippen LogP contribution in [0.5, 0.6) is 0 Å². The Labute approximate surface area is 143 Å². The fourth-order valence-corrected chi connectivity index (χ4v) is 6.26. The molecular formula is C18H18FN3OS. The van der Waals surface area contributed by atoms with Gasteiger partial charge in [0.05, 0.1) is 4.88 Å². The number of aliphatic imine (C=N–C) groups is 1. The van der Waals surface area contributed by atoms with Gasteiger partial charge in [0.2, 0.25) is 0 Å². The molecule has 124 valence electrons. The smallest absolute Gasteiger partial charge is 0.195 e. The van der Waals surface area contributed by atoms with E-state index >= 15 is 0 Å². The predicted molar refractivity (Wildman–Crippen MR) is 91.4 cm³/mol. The first kappa shape index (κ1) is 13.8. The summed E-state index contributed by atoms with van der Waals surface area (Å²) in [6.07, 6.45) is 2.45. The van der Waals surface area contributed by atoms with Crippen molar-refractivity contribution in [2.75, 3.05) is 19.6 Å². The maximum atomic E-state index is 13.4. The van der Waals surface area contributed by atoms with Gasteiger partial charge >= 0.3 is 0 Å². The van der Waals surface area contributed by atoms with E-state index in [1.807, 2.05) is 12.1 Å². The lowest BCUT2D eigenvalue weighted by Gasteiger charge is -2.58. The highest BCUT2D eigenvalue weighted by Gasteiger charge is 2.60. The van der Waals surface area contributed by atoms with E-state index in [9.17, 15) is 4.39 Å². The summed E-state index contributed by atoms with van der Waals surface area (Å²) in [6, 6.07) is 6.94. The van der Waals surface area contributed by atoms with Gasteiger partial charge < -0.3 is 4.90 Å². The molecule has 24 heavy (non-hydrogen) atoms. The molecule has 1 spiro atoms. The molecule has 7 rings (SSSR count). The Kier molecular flexibility index (Phi) is 2.61. The van der Waals surface area contributed by atoms with Crippen LogP contribution in [0.15, 0.2) is 29.3 Å². The van der Waals surface area contributed by atoms with Gasteiger partial charge in [-0.2, -0.15) is 0 Å². The van der Waals surface area contributed by atoms with Gasteiger partial charge in [-0.3, -0.25) is 0 Å². The molecule has 1 N–H and O–H groups in total. The van der Waals surface area contributed by atoms with Crippen LogP contribution in [0.2, 0.25) is 0 Å². The molecule has 6 heteroatoms. The second-order valence-corrected chi connectivity index (χ2v) is 8.74. The SMILES string of the molecule is Fc1ccc2sc(C3=NC4(ON3)C3CC5CC4CN(C5)C3)cc2c1. The van der Waals surface area contributed by atoms with E-state index < -0.39 is 0 Å². The van der Waals surface area contributed by atoms with E-state index in [4.69, 9.17) is 9.83 Å². The van der Waals surface area contributed by atoms with Crippen molar-refractivity contribution in [3.8, 4) is 0 Å². The van der Waals surface area contributed by atoms with Crippen molar-refractivity contribution in [1.82, 2.24) is 10.4 Å². The molecule has 4 fully saturated rings. The van der Waals surface area contributed by atoms with Crippen molar-refractivity contribution in [2.45, 2.75) is 18.6 Å². The topological polar surface area (TPSA) is 36.9 Å². The maximum absolute atomic E-state index is 13.4. The molecule has 4 bridgehead atoms. The fraction of sp³-hybridized carbons (Fsp3) is 0.500. The molecule has 1 aromatic heterocycles. The van der Waals surface area contributed by atoms with Crippen molar-refractivity contribution in [1.29, 1.82) is 0 Å². The number of nitrogens with zero attached hydrogens (tertiary/aromatic N) is 2. The van der Waals surface area contributed by atoms with Gasteiger partial charge in [-0.25, -0.2) is 19.7 Å². The molecular weight excluding hydrogens is 325 g/mol. The Balaban J connectivity index is 1.41. The summed E-state index contributed by atoms with van der Waals surface area (Å²) in [4.78, 5) is 14.8. The van der Waals surface area contributed by atoms with E-state index in [0.29, 0.717) is 11.8 Å². The summed E-state index contributed by atoms with van der Waals surface area (Å²) in [5.41, 5.74) is 2.73. The molecule has 5 heterocycles. The first-order valence-electron chi connectivity index (χ1n) is 8.65. The van der Waals surface area contributed by atoms with Crippen LogP contribution in [-0.2, 0) is 4.84 Å². The zero-order valence-electron chi connectivity index (χ0n) is 13.2. The first-order valence-corrected chi connectivity index (χ1v) is 9.47. The lowest BCUT2D eigenvalue weighted by molar-refractivity contribution is -0.212. The molecule has 1 aliphatic carbocycles. The van der Waals surface area contributed by atoms with E-state index in [2.05, 4.69) is 10.4 Å². The number of thiophene rings is 1. The quantitative estimate of drug-likeness (QED) is 0.865. The van der Waals surface area contributed by atoms with Crippen LogP contribution in [0, 0.1) is 23.6 Å². The number of rotatable bonds is 1. The third-order valence-corrected chi connectivity index (χ3v) is 7.31. The Morgan fingerprint density at radius 1 is 1.21 bits per heavy atom. The highest BCUT2D eigenvalue weighted by molar-refractivity contribution is 7.20. The monoisotopic (exact) mass is 343 g/mol. The van der Waals surface area contributed by atoms with Gasteiger partial charge in [-0.05, 0) is 48.4 Å². The third kappa shape index (κ3) is 1.76. The van der Waals surface area contributed by atoms with Crippen LogP contribution >= 0.6 is 11.3 Å². The van der Waals surface area contributed by atoms with Crippen molar-refractivity contribution in [2.24, 2.45) is 22.7 Å². The molecule has 4 nitrogen and oxygen atoms in total. The van der Waals surface area contributed by atoms with Gasteiger partial charge in [-0.15, -0.1) is 11.3 Å². The lowest BCUT2D eigenvalue weighted by atomic mass is 9.63. The van der Waals surface area contributed by atoms with Gasteiger partial charge in [0.15, 0.2) is 11.6 Å². The van der Waals surface area contributed by atoms with Crippen LogP contribution in [0.25, 0.3) is 10.1 Å². The number of piperidine rings is 3. The second-order valence-electron chi connectivity index (χ2n) is 7.66. The van der Waals surface area contributed by atoms with E-state index in [-0.39, 0.29) is 11.5 Å². The number of hydroxylamine groups is 1. The third-order valence-electron chi connectivity index (χ3n) is 6.19. The average molecular weight is 343 g/mol. The number of halogens is 1. The first-order chi connectivity index (χ1) is 11.7. The number of benzene rings is 1. The number of amidine groups is 1. The minimum atomic E-state index is -0.385. The lowest BCUT2D eigenvalue weighted by Crippen LogP contribution is -2.66. The summed E-state index contributed by atoms with van der Waals surface area (Å²) in [5.74, 6) is 2.42. The summed E-state index contributed by atoms with van der Waals surface area (Å²) in [5, 5.41) is 0.927. The molecule has 2 atom stereocenters. The van der Waals surface area contributed by atoms with Crippen molar-refractivity contribution < 1.29 is 9.23 Å². The average Bonchev–Trinajstić information content (AvgIpc) is 3.16. The molecule has 1 aromatic carbocycles. The normalized spacial score (nSPS) is 39.6. The van der Waals surface area contributed by atoms with Crippen molar-refractivity contribution in [3.63, 3.8) is 0 Å². The minimum absolute atomic E-state index is 0.198. The zero-order chi connectivity index (χ0) is 15.9. The number of hydrogen-bond donors (Lipinski definition) is 1. The fourth-order valence-electron chi connectivity index (χ4n) is 5.28. The van der Waals surface area contributed by atoms with Crippen LogP contribution in [0.4, 0.5) is 4.39 Å². The molecule has 2 aromatic rings.